The molecular weight excluding hydrogens is 288 g/mol. The van der Waals surface area contributed by atoms with Crippen molar-refractivity contribution in [2.24, 2.45) is 0 Å². The lowest BCUT2D eigenvalue weighted by molar-refractivity contribution is 0.0563. The summed E-state index contributed by atoms with van der Waals surface area (Å²) in [6.45, 7) is 1.85. The molecule has 0 spiro atoms. The average molecular weight is 299 g/mol. The number of carbonyl (C=O) groups is 1. The van der Waals surface area contributed by atoms with Crippen molar-refractivity contribution in [2.45, 2.75) is 17.8 Å². The second-order valence-electron chi connectivity index (χ2n) is 3.66. The molecule has 19 heavy (non-hydrogen) atoms. The highest BCUT2D eigenvalue weighted by Crippen LogP contribution is 2.22. The number of hydrogen-bond donors (Lipinski definition) is 0. The summed E-state index contributed by atoms with van der Waals surface area (Å²) >= 11 is 7.23. The Morgan fingerprint density at radius 2 is 2.26 bits per heavy atom. The summed E-state index contributed by atoms with van der Waals surface area (Å²) < 4.78 is 9.90. The second-order valence-corrected chi connectivity index (χ2v) is 4.99. The zero-order valence-corrected chi connectivity index (χ0v) is 11.9. The predicted molar refractivity (Wildman–Crippen MR) is 71.4 cm³/mol. The van der Waals surface area contributed by atoms with Crippen LogP contribution < -0.4 is 0 Å². The number of aryl methyl sites for hydroxylation is 1. The van der Waals surface area contributed by atoms with Gasteiger partial charge in [-0.25, -0.2) is 14.8 Å². The van der Waals surface area contributed by atoms with Gasteiger partial charge < -0.3 is 9.15 Å². The lowest BCUT2D eigenvalue weighted by Crippen LogP contribution is -1.98. The van der Waals surface area contributed by atoms with Crippen LogP contribution in [0.5, 0.6) is 0 Å². The Balaban J connectivity index is 2.02. The monoisotopic (exact) mass is 298 g/mol. The molecule has 0 aliphatic heterocycles. The summed E-state index contributed by atoms with van der Waals surface area (Å²) in [6.07, 6.45) is 0. The highest BCUT2D eigenvalue weighted by atomic mass is 35.5. The molecule has 0 atom stereocenters. The van der Waals surface area contributed by atoms with Crippen LogP contribution in [-0.4, -0.2) is 23.0 Å². The molecule has 0 aromatic carbocycles. The standard InChI is InChI=1S/C12H11ClN2O3S/c1-7-5-10(13)15-12(14-7)19-6-8-3-4-9(18-8)11(16)17-2/h3-5H,6H2,1-2H3. The molecule has 2 aromatic rings. The smallest absolute Gasteiger partial charge is 0.373 e. The van der Waals surface area contributed by atoms with Crippen molar-refractivity contribution in [3.05, 3.63) is 40.6 Å². The van der Waals surface area contributed by atoms with Crippen LogP contribution in [0.1, 0.15) is 22.0 Å². The SMILES string of the molecule is COC(=O)c1ccc(CSc2nc(C)cc(Cl)n2)o1. The van der Waals surface area contributed by atoms with E-state index in [1.165, 1.54) is 18.9 Å². The molecule has 0 aliphatic rings. The maximum atomic E-state index is 11.2. The van der Waals surface area contributed by atoms with Gasteiger partial charge in [0.2, 0.25) is 5.76 Å². The number of ether oxygens (including phenoxy) is 1. The maximum absolute atomic E-state index is 11.2. The molecular formula is C12H11ClN2O3S. The largest absolute Gasteiger partial charge is 0.463 e. The number of halogens is 1. The van der Waals surface area contributed by atoms with Crippen LogP contribution in [-0.2, 0) is 10.5 Å². The normalized spacial score (nSPS) is 10.5. The van der Waals surface area contributed by atoms with Gasteiger partial charge in [0.15, 0.2) is 5.16 Å². The van der Waals surface area contributed by atoms with E-state index in [4.69, 9.17) is 16.0 Å². The minimum atomic E-state index is -0.494. The van der Waals surface area contributed by atoms with Crippen LogP contribution in [0, 0.1) is 6.92 Å². The van der Waals surface area contributed by atoms with Gasteiger partial charge in [-0.15, -0.1) is 0 Å². The topological polar surface area (TPSA) is 65.2 Å². The molecule has 0 amide bonds. The van der Waals surface area contributed by atoms with Gasteiger partial charge in [-0.05, 0) is 25.1 Å². The minimum Gasteiger partial charge on any atom is -0.463 e. The Bertz CT molecular complexity index is 580. The molecule has 0 fully saturated rings. The summed E-state index contributed by atoms with van der Waals surface area (Å²) in [6, 6.07) is 4.98. The number of methoxy groups -OCH3 is 1. The van der Waals surface area contributed by atoms with Gasteiger partial charge >= 0.3 is 5.97 Å². The second kappa shape index (κ2) is 6.08. The van der Waals surface area contributed by atoms with Crippen LogP contribution in [0.25, 0.3) is 0 Å². The minimum absolute atomic E-state index is 0.182. The van der Waals surface area contributed by atoms with E-state index < -0.39 is 5.97 Å². The van der Waals surface area contributed by atoms with Gasteiger partial charge in [0, 0.05) is 5.69 Å². The van der Waals surface area contributed by atoms with Gasteiger partial charge in [-0.2, -0.15) is 0 Å². The molecule has 0 saturated heterocycles. The molecule has 2 aromatic heterocycles. The number of thioether (sulfide) groups is 1. The van der Waals surface area contributed by atoms with E-state index in [0.717, 1.165) is 5.69 Å². The maximum Gasteiger partial charge on any atom is 0.373 e. The van der Waals surface area contributed by atoms with E-state index in [1.807, 2.05) is 6.92 Å². The Morgan fingerprint density at radius 3 is 2.95 bits per heavy atom. The molecule has 7 heteroatoms. The Morgan fingerprint density at radius 1 is 1.47 bits per heavy atom. The molecule has 0 radical (unpaired) electrons. The fourth-order valence-corrected chi connectivity index (χ4v) is 2.46. The number of carbonyl (C=O) groups excluding carboxylic acids is 1. The van der Waals surface area contributed by atoms with Gasteiger partial charge in [0.25, 0.3) is 0 Å². The zero-order chi connectivity index (χ0) is 13.8. The number of furan rings is 1. The first kappa shape index (κ1) is 13.9. The summed E-state index contributed by atoms with van der Waals surface area (Å²) in [5, 5.41) is 0.978. The summed E-state index contributed by atoms with van der Waals surface area (Å²) in [5.74, 6) is 0.843. The third-order valence-electron chi connectivity index (χ3n) is 2.19. The van der Waals surface area contributed by atoms with Crippen LogP contribution in [0.2, 0.25) is 5.15 Å². The van der Waals surface area contributed by atoms with Crippen LogP contribution in [0.4, 0.5) is 0 Å². The van der Waals surface area contributed by atoms with Gasteiger partial charge in [0.05, 0.1) is 12.9 Å². The highest BCUT2D eigenvalue weighted by molar-refractivity contribution is 7.98. The fraction of sp³-hybridized carbons (Fsp3) is 0.250. The number of nitrogens with zero attached hydrogens (tertiary/aromatic N) is 2. The van der Waals surface area contributed by atoms with Crippen molar-refractivity contribution in [3.63, 3.8) is 0 Å². The third kappa shape index (κ3) is 3.71. The Labute approximate surface area is 119 Å². The molecule has 0 N–H and O–H groups in total. The van der Waals surface area contributed by atoms with E-state index >= 15 is 0 Å². The first-order valence-electron chi connectivity index (χ1n) is 5.39. The molecule has 5 nitrogen and oxygen atoms in total. The third-order valence-corrected chi connectivity index (χ3v) is 3.26. The lowest BCUT2D eigenvalue weighted by Gasteiger charge is -2.00. The van der Waals surface area contributed by atoms with Gasteiger partial charge in [0.1, 0.15) is 10.9 Å². The summed E-state index contributed by atoms with van der Waals surface area (Å²) in [5.41, 5.74) is 0.803. The Kier molecular flexibility index (Phi) is 4.44. The van der Waals surface area contributed by atoms with Crippen molar-refractivity contribution in [3.8, 4) is 0 Å². The van der Waals surface area contributed by atoms with E-state index in [0.29, 0.717) is 21.8 Å². The summed E-state index contributed by atoms with van der Waals surface area (Å²) in [4.78, 5) is 19.6. The molecule has 100 valence electrons. The summed E-state index contributed by atoms with van der Waals surface area (Å²) in [7, 11) is 1.31. The molecule has 0 unspecified atom stereocenters. The number of rotatable bonds is 4. The van der Waals surface area contributed by atoms with E-state index in [9.17, 15) is 4.79 Å². The number of hydrogen-bond acceptors (Lipinski definition) is 6. The van der Waals surface area contributed by atoms with Crippen molar-refractivity contribution in [2.75, 3.05) is 7.11 Å². The predicted octanol–water partition coefficient (Wildman–Crippen LogP) is 3.11. The quantitative estimate of drug-likeness (QED) is 0.374. The average Bonchev–Trinajstić information content (AvgIpc) is 2.83. The zero-order valence-electron chi connectivity index (χ0n) is 10.3. The van der Waals surface area contributed by atoms with Crippen molar-refractivity contribution >= 4 is 29.3 Å². The van der Waals surface area contributed by atoms with Crippen LogP contribution in [0.15, 0.2) is 27.8 Å². The number of esters is 1. The van der Waals surface area contributed by atoms with Crippen LogP contribution >= 0.6 is 23.4 Å². The van der Waals surface area contributed by atoms with E-state index in [-0.39, 0.29) is 5.76 Å². The molecule has 0 bridgehead atoms. The first-order valence-corrected chi connectivity index (χ1v) is 6.76. The fourth-order valence-electron chi connectivity index (χ4n) is 1.37. The van der Waals surface area contributed by atoms with Crippen LogP contribution in [0.3, 0.4) is 0 Å². The Hall–Kier alpha value is -1.53. The van der Waals surface area contributed by atoms with Gasteiger partial charge in [-0.3, -0.25) is 0 Å². The van der Waals surface area contributed by atoms with Crippen molar-refractivity contribution < 1.29 is 13.9 Å². The van der Waals surface area contributed by atoms with Crippen molar-refractivity contribution in [1.29, 1.82) is 0 Å². The first-order chi connectivity index (χ1) is 9.08. The molecule has 0 aliphatic carbocycles. The molecule has 2 heterocycles. The highest BCUT2D eigenvalue weighted by Gasteiger charge is 2.11. The van der Waals surface area contributed by atoms with E-state index in [1.54, 1.807) is 18.2 Å². The number of aromatic nitrogens is 2. The molecule has 0 saturated carbocycles. The molecule has 2 rings (SSSR count). The van der Waals surface area contributed by atoms with Crippen molar-refractivity contribution in [1.82, 2.24) is 9.97 Å². The van der Waals surface area contributed by atoms with E-state index in [2.05, 4.69) is 14.7 Å². The van der Waals surface area contributed by atoms with Gasteiger partial charge in [-0.1, -0.05) is 23.4 Å². The lowest BCUT2D eigenvalue weighted by atomic mass is 10.4.